The third-order valence-corrected chi connectivity index (χ3v) is 1.90. The average molecular weight is 216 g/mol. The third kappa shape index (κ3) is 2.78. The van der Waals surface area contributed by atoms with E-state index in [0.29, 0.717) is 5.69 Å². The molecule has 0 aliphatic heterocycles. The molecule has 1 aromatic rings. The van der Waals surface area contributed by atoms with E-state index in [1.807, 2.05) is 13.8 Å². The van der Waals surface area contributed by atoms with Crippen molar-refractivity contribution in [3.05, 3.63) is 30.4 Å². The highest BCUT2D eigenvalue weighted by Crippen LogP contribution is 2.31. The summed E-state index contributed by atoms with van der Waals surface area (Å²) in [6, 6.07) is 0. The standard InChI is InChI=1S/C10H11F3N2/c1-6(2)8-4-14-5-9(15-8)7(3)10(11,12)13/h4-6H,3H2,1-2H3. The summed E-state index contributed by atoms with van der Waals surface area (Å²) in [6.45, 7) is 6.64. The van der Waals surface area contributed by atoms with E-state index >= 15 is 0 Å². The summed E-state index contributed by atoms with van der Waals surface area (Å²) < 4.78 is 36.9. The van der Waals surface area contributed by atoms with Gasteiger partial charge in [-0.25, -0.2) is 4.98 Å². The van der Waals surface area contributed by atoms with Crippen LogP contribution < -0.4 is 0 Å². The minimum absolute atomic E-state index is 0.0403. The number of allylic oxidation sites excluding steroid dienone is 1. The molecule has 0 bridgehead atoms. The fraction of sp³-hybridized carbons (Fsp3) is 0.400. The van der Waals surface area contributed by atoms with Gasteiger partial charge in [0.2, 0.25) is 0 Å². The lowest BCUT2D eigenvalue weighted by Crippen LogP contribution is -2.12. The molecule has 0 amide bonds. The fourth-order valence-corrected chi connectivity index (χ4v) is 0.950. The van der Waals surface area contributed by atoms with Crippen LogP contribution in [-0.2, 0) is 0 Å². The number of halogens is 3. The Balaban J connectivity index is 3.06. The van der Waals surface area contributed by atoms with Gasteiger partial charge in [-0.15, -0.1) is 0 Å². The summed E-state index contributed by atoms with van der Waals surface area (Å²) in [5.41, 5.74) is -0.649. The van der Waals surface area contributed by atoms with Crippen molar-refractivity contribution in [1.82, 2.24) is 9.97 Å². The van der Waals surface area contributed by atoms with Crippen LogP contribution in [0.2, 0.25) is 0 Å². The van der Waals surface area contributed by atoms with Crippen LogP contribution in [0.4, 0.5) is 13.2 Å². The predicted octanol–water partition coefficient (Wildman–Crippen LogP) is 3.18. The Kier molecular flexibility index (Phi) is 3.12. The molecule has 1 rings (SSSR count). The van der Waals surface area contributed by atoms with Gasteiger partial charge in [0.15, 0.2) is 0 Å². The molecule has 0 atom stereocenters. The average Bonchev–Trinajstić information content (AvgIpc) is 2.15. The molecule has 1 heterocycles. The van der Waals surface area contributed by atoms with Crippen molar-refractivity contribution in [3.8, 4) is 0 Å². The second-order valence-corrected chi connectivity index (χ2v) is 3.46. The summed E-state index contributed by atoms with van der Waals surface area (Å²) in [6.07, 6.45) is -1.93. The maximum Gasteiger partial charge on any atom is 0.417 e. The highest BCUT2D eigenvalue weighted by Gasteiger charge is 2.34. The number of nitrogens with zero attached hydrogens (tertiary/aromatic N) is 2. The number of rotatable bonds is 2. The first-order valence-corrected chi connectivity index (χ1v) is 4.40. The minimum atomic E-state index is -4.45. The van der Waals surface area contributed by atoms with E-state index in [-0.39, 0.29) is 11.6 Å². The van der Waals surface area contributed by atoms with E-state index in [4.69, 9.17) is 0 Å². The molecule has 2 nitrogen and oxygen atoms in total. The van der Waals surface area contributed by atoms with Crippen LogP contribution in [0, 0.1) is 0 Å². The summed E-state index contributed by atoms with van der Waals surface area (Å²) in [4.78, 5) is 7.57. The summed E-state index contributed by atoms with van der Waals surface area (Å²) in [7, 11) is 0. The summed E-state index contributed by atoms with van der Waals surface area (Å²) in [5, 5.41) is 0. The Morgan fingerprint density at radius 2 is 1.93 bits per heavy atom. The Labute approximate surface area is 85.9 Å². The van der Waals surface area contributed by atoms with E-state index in [2.05, 4.69) is 16.5 Å². The fourth-order valence-electron chi connectivity index (χ4n) is 0.950. The molecule has 15 heavy (non-hydrogen) atoms. The highest BCUT2D eigenvalue weighted by atomic mass is 19.4. The zero-order valence-electron chi connectivity index (χ0n) is 8.47. The quantitative estimate of drug-likeness (QED) is 0.758. The van der Waals surface area contributed by atoms with Crippen LogP contribution in [0.5, 0.6) is 0 Å². The molecule has 0 radical (unpaired) electrons. The molecule has 0 unspecified atom stereocenters. The van der Waals surface area contributed by atoms with Gasteiger partial charge in [0.05, 0.1) is 23.2 Å². The first kappa shape index (κ1) is 11.7. The van der Waals surface area contributed by atoms with Gasteiger partial charge >= 0.3 is 6.18 Å². The van der Waals surface area contributed by atoms with Crippen molar-refractivity contribution in [2.45, 2.75) is 25.9 Å². The molecule has 0 aliphatic carbocycles. The summed E-state index contributed by atoms with van der Waals surface area (Å²) in [5.74, 6) is 0.0403. The van der Waals surface area contributed by atoms with Crippen LogP contribution in [0.1, 0.15) is 31.2 Å². The van der Waals surface area contributed by atoms with E-state index in [1.165, 1.54) is 6.20 Å². The third-order valence-electron chi connectivity index (χ3n) is 1.90. The zero-order valence-corrected chi connectivity index (χ0v) is 8.47. The van der Waals surface area contributed by atoms with Crippen molar-refractivity contribution in [2.75, 3.05) is 0 Å². The molecule has 1 aromatic heterocycles. The van der Waals surface area contributed by atoms with E-state index < -0.39 is 11.7 Å². The lowest BCUT2D eigenvalue weighted by atomic mass is 10.1. The highest BCUT2D eigenvalue weighted by molar-refractivity contribution is 5.63. The molecule has 82 valence electrons. The molecular weight excluding hydrogens is 205 g/mol. The second kappa shape index (κ2) is 4.00. The molecule has 0 fully saturated rings. The zero-order chi connectivity index (χ0) is 11.6. The van der Waals surface area contributed by atoms with Gasteiger partial charge in [-0.3, -0.25) is 4.98 Å². The second-order valence-electron chi connectivity index (χ2n) is 3.46. The van der Waals surface area contributed by atoms with E-state index in [1.54, 1.807) is 0 Å². The number of hydrogen-bond acceptors (Lipinski definition) is 2. The van der Waals surface area contributed by atoms with Crippen LogP contribution in [0.25, 0.3) is 5.57 Å². The van der Waals surface area contributed by atoms with Gasteiger partial charge < -0.3 is 0 Å². The van der Waals surface area contributed by atoms with Crippen molar-refractivity contribution >= 4 is 5.57 Å². The van der Waals surface area contributed by atoms with Gasteiger partial charge in [-0.05, 0) is 5.92 Å². The Hall–Kier alpha value is -1.39. The molecule has 0 saturated carbocycles. The summed E-state index contributed by atoms with van der Waals surface area (Å²) >= 11 is 0. The van der Waals surface area contributed by atoms with Gasteiger partial charge in [-0.1, -0.05) is 20.4 Å². The molecule has 0 spiro atoms. The number of alkyl halides is 3. The van der Waals surface area contributed by atoms with Gasteiger partial charge in [0, 0.05) is 6.20 Å². The van der Waals surface area contributed by atoms with E-state index in [0.717, 1.165) is 6.20 Å². The minimum Gasteiger partial charge on any atom is -0.261 e. The first-order valence-electron chi connectivity index (χ1n) is 4.40. The monoisotopic (exact) mass is 216 g/mol. The maximum absolute atomic E-state index is 12.3. The predicted molar refractivity (Wildman–Crippen MR) is 51.2 cm³/mol. The van der Waals surface area contributed by atoms with Crippen molar-refractivity contribution in [2.24, 2.45) is 0 Å². The molecule has 0 N–H and O–H groups in total. The number of aromatic nitrogens is 2. The molecule has 0 saturated heterocycles. The maximum atomic E-state index is 12.3. The lowest BCUT2D eigenvalue weighted by Gasteiger charge is -2.10. The molecule has 0 aromatic carbocycles. The smallest absolute Gasteiger partial charge is 0.261 e. The Morgan fingerprint density at radius 1 is 1.33 bits per heavy atom. The topological polar surface area (TPSA) is 25.8 Å². The first-order chi connectivity index (χ1) is 6.82. The van der Waals surface area contributed by atoms with Gasteiger partial charge in [0.1, 0.15) is 0 Å². The van der Waals surface area contributed by atoms with Gasteiger partial charge in [0.25, 0.3) is 0 Å². The molecule has 0 aliphatic rings. The SMILES string of the molecule is C=C(c1cncc(C(C)C)n1)C(F)(F)F. The van der Waals surface area contributed by atoms with Gasteiger partial charge in [-0.2, -0.15) is 13.2 Å². The largest absolute Gasteiger partial charge is 0.417 e. The van der Waals surface area contributed by atoms with Crippen molar-refractivity contribution < 1.29 is 13.2 Å². The number of hydrogen-bond donors (Lipinski definition) is 0. The molecular formula is C10H11F3N2. The normalized spacial score (nSPS) is 11.9. The van der Waals surface area contributed by atoms with Crippen LogP contribution >= 0.6 is 0 Å². The van der Waals surface area contributed by atoms with E-state index in [9.17, 15) is 13.2 Å². The van der Waals surface area contributed by atoms with Crippen LogP contribution in [0.15, 0.2) is 19.0 Å². The Morgan fingerprint density at radius 3 is 2.40 bits per heavy atom. The lowest BCUT2D eigenvalue weighted by molar-refractivity contribution is -0.0689. The van der Waals surface area contributed by atoms with Crippen molar-refractivity contribution in [1.29, 1.82) is 0 Å². The van der Waals surface area contributed by atoms with Crippen LogP contribution in [0.3, 0.4) is 0 Å². The van der Waals surface area contributed by atoms with Crippen LogP contribution in [-0.4, -0.2) is 16.1 Å². The van der Waals surface area contributed by atoms with Crippen molar-refractivity contribution in [3.63, 3.8) is 0 Å². The molecule has 5 heteroatoms. The Bertz CT molecular complexity index is 369.